The normalized spacial score (nSPS) is 10.1. The van der Waals surface area contributed by atoms with Crippen molar-refractivity contribution < 1.29 is 4.74 Å². The molecule has 4 nitrogen and oxygen atoms in total. The standard InChI is InChI=1S/C10H7BrIN3O/c11-8-5-9(13)15-10(14-8)16-7-3-1-6(12)2-4-7/h1-5H,(H2,13,14,15). The molecule has 0 aliphatic heterocycles. The van der Waals surface area contributed by atoms with E-state index in [0.717, 1.165) is 3.57 Å². The van der Waals surface area contributed by atoms with Gasteiger partial charge >= 0.3 is 6.01 Å². The van der Waals surface area contributed by atoms with E-state index in [2.05, 4.69) is 48.5 Å². The lowest BCUT2D eigenvalue weighted by Crippen LogP contribution is -1.96. The van der Waals surface area contributed by atoms with Crippen molar-refractivity contribution >= 4 is 44.3 Å². The van der Waals surface area contributed by atoms with Crippen LogP contribution in [-0.2, 0) is 0 Å². The summed E-state index contributed by atoms with van der Waals surface area (Å²) in [6.45, 7) is 0. The van der Waals surface area contributed by atoms with E-state index in [-0.39, 0.29) is 6.01 Å². The van der Waals surface area contributed by atoms with Gasteiger partial charge in [-0.15, -0.1) is 0 Å². The van der Waals surface area contributed by atoms with E-state index >= 15 is 0 Å². The highest BCUT2D eigenvalue weighted by Gasteiger charge is 2.03. The molecular formula is C10H7BrIN3O. The van der Waals surface area contributed by atoms with Gasteiger partial charge in [-0.3, -0.25) is 0 Å². The molecule has 2 N–H and O–H groups in total. The molecule has 2 rings (SSSR count). The molecule has 0 bridgehead atoms. The summed E-state index contributed by atoms with van der Waals surface area (Å²) >= 11 is 5.45. The molecule has 0 amide bonds. The second kappa shape index (κ2) is 4.96. The van der Waals surface area contributed by atoms with E-state index in [0.29, 0.717) is 16.2 Å². The Bertz CT molecular complexity index is 484. The number of aromatic nitrogens is 2. The Labute approximate surface area is 115 Å². The first-order valence-electron chi connectivity index (χ1n) is 4.37. The average Bonchev–Trinajstić information content (AvgIpc) is 2.20. The summed E-state index contributed by atoms with van der Waals surface area (Å²) in [7, 11) is 0. The van der Waals surface area contributed by atoms with Crippen LogP contribution < -0.4 is 10.5 Å². The summed E-state index contributed by atoms with van der Waals surface area (Å²) in [5, 5.41) is 0. The molecule has 1 aromatic carbocycles. The van der Waals surface area contributed by atoms with E-state index in [1.54, 1.807) is 6.07 Å². The molecule has 0 atom stereocenters. The minimum absolute atomic E-state index is 0.230. The Morgan fingerprint density at radius 2 is 1.88 bits per heavy atom. The van der Waals surface area contributed by atoms with Gasteiger partial charge in [0, 0.05) is 9.64 Å². The molecule has 0 saturated carbocycles. The summed E-state index contributed by atoms with van der Waals surface area (Å²) in [5.74, 6) is 1.04. The smallest absolute Gasteiger partial charge is 0.325 e. The largest absolute Gasteiger partial charge is 0.424 e. The van der Waals surface area contributed by atoms with Crippen molar-refractivity contribution in [1.29, 1.82) is 0 Å². The van der Waals surface area contributed by atoms with Crippen molar-refractivity contribution in [2.24, 2.45) is 0 Å². The Morgan fingerprint density at radius 3 is 2.50 bits per heavy atom. The van der Waals surface area contributed by atoms with Gasteiger partial charge in [0.1, 0.15) is 16.2 Å². The molecule has 0 fully saturated rings. The molecule has 0 aliphatic carbocycles. The van der Waals surface area contributed by atoms with Gasteiger partial charge in [0.05, 0.1) is 0 Å². The maximum atomic E-state index is 5.57. The predicted octanol–water partition coefficient (Wildman–Crippen LogP) is 3.22. The van der Waals surface area contributed by atoms with Crippen LogP contribution in [-0.4, -0.2) is 9.97 Å². The van der Waals surface area contributed by atoms with Crippen LogP contribution in [0.4, 0.5) is 5.82 Å². The number of anilines is 1. The number of nitrogen functional groups attached to an aromatic ring is 1. The topological polar surface area (TPSA) is 61.0 Å². The zero-order chi connectivity index (χ0) is 11.5. The Balaban J connectivity index is 2.23. The Kier molecular flexibility index (Phi) is 3.59. The lowest BCUT2D eigenvalue weighted by atomic mass is 10.3. The predicted molar refractivity (Wildman–Crippen MR) is 73.4 cm³/mol. The lowest BCUT2D eigenvalue weighted by molar-refractivity contribution is 0.441. The van der Waals surface area contributed by atoms with E-state index < -0.39 is 0 Å². The molecule has 0 radical (unpaired) electrons. The zero-order valence-electron chi connectivity index (χ0n) is 8.02. The Hall–Kier alpha value is -0.890. The SMILES string of the molecule is Nc1cc(Br)nc(Oc2ccc(I)cc2)n1. The van der Waals surface area contributed by atoms with Gasteiger partial charge in [-0.1, -0.05) is 0 Å². The van der Waals surface area contributed by atoms with Crippen LogP contribution >= 0.6 is 38.5 Å². The van der Waals surface area contributed by atoms with Gasteiger partial charge in [0.2, 0.25) is 0 Å². The van der Waals surface area contributed by atoms with Crippen molar-refractivity contribution in [2.75, 3.05) is 5.73 Å². The number of nitrogens with two attached hydrogens (primary N) is 1. The quantitative estimate of drug-likeness (QED) is 0.630. The average molecular weight is 392 g/mol. The van der Waals surface area contributed by atoms with Crippen LogP contribution in [0, 0.1) is 3.57 Å². The number of rotatable bonds is 2. The van der Waals surface area contributed by atoms with Crippen molar-refractivity contribution in [3.63, 3.8) is 0 Å². The number of nitrogens with zero attached hydrogens (tertiary/aromatic N) is 2. The van der Waals surface area contributed by atoms with Crippen LogP contribution in [0.2, 0.25) is 0 Å². The summed E-state index contributed by atoms with van der Waals surface area (Å²) < 4.78 is 7.20. The van der Waals surface area contributed by atoms with Gasteiger partial charge < -0.3 is 10.5 Å². The number of hydrogen-bond donors (Lipinski definition) is 1. The van der Waals surface area contributed by atoms with Crippen molar-refractivity contribution in [3.8, 4) is 11.8 Å². The summed E-state index contributed by atoms with van der Waals surface area (Å²) in [6.07, 6.45) is 0. The third-order valence-corrected chi connectivity index (χ3v) is 2.84. The van der Waals surface area contributed by atoms with E-state index in [1.807, 2.05) is 24.3 Å². The third-order valence-electron chi connectivity index (χ3n) is 1.72. The van der Waals surface area contributed by atoms with Crippen LogP contribution in [0.5, 0.6) is 11.8 Å². The van der Waals surface area contributed by atoms with Gasteiger partial charge in [-0.2, -0.15) is 9.97 Å². The zero-order valence-corrected chi connectivity index (χ0v) is 11.8. The van der Waals surface area contributed by atoms with Gasteiger partial charge in [0.15, 0.2) is 0 Å². The van der Waals surface area contributed by atoms with Crippen molar-refractivity contribution in [2.45, 2.75) is 0 Å². The second-order valence-electron chi connectivity index (χ2n) is 2.95. The molecule has 16 heavy (non-hydrogen) atoms. The molecule has 82 valence electrons. The number of hydrogen-bond acceptors (Lipinski definition) is 4. The monoisotopic (exact) mass is 391 g/mol. The fourth-order valence-electron chi connectivity index (χ4n) is 1.07. The molecule has 1 aromatic heterocycles. The molecule has 2 aromatic rings. The van der Waals surface area contributed by atoms with Gasteiger partial charge in [-0.05, 0) is 62.8 Å². The fourth-order valence-corrected chi connectivity index (χ4v) is 1.81. The number of halogens is 2. The highest BCUT2D eigenvalue weighted by Crippen LogP contribution is 2.21. The lowest BCUT2D eigenvalue weighted by Gasteiger charge is -2.04. The van der Waals surface area contributed by atoms with Crippen LogP contribution in [0.1, 0.15) is 0 Å². The van der Waals surface area contributed by atoms with Crippen molar-refractivity contribution in [1.82, 2.24) is 9.97 Å². The molecule has 1 heterocycles. The van der Waals surface area contributed by atoms with Crippen LogP contribution in [0.3, 0.4) is 0 Å². The number of ether oxygens (including phenoxy) is 1. The third kappa shape index (κ3) is 3.05. The minimum Gasteiger partial charge on any atom is -0.424 e. The number of benzene rings is 1. The maximum absolute atomic E-state index is 5.57. The molecule has 6 heteroatoms. The van der Waals surface area contributed by atoms with E-state index in [4.69, 9.17) is 10.5 Å². The van der Waals surface area contributed by atoms with E-state index in [1.165, 1.54) is 0 Å². The molecular weight excluding hydrogens is 385 g/mol. The van der Waals surface area contributed by atoms with E-state index in [9.17, 15) is 0 Å². The first-order valence-corrected chi connectivity index (χ1v) is 6.24. The minimum atomic E-state index is 0.230. The highest BCUT2D eigenvalue weighted by molar-refractivity contribution is 14.1. The molecule has 0 aliphatic rings. The fraction of sp³-hybridized carbons (Fsp3) is 0. The molecule has 0 unspecified atom stereocenters. The van der Waals surface area contributed by atoms with Gasteiger partial charge in [-0.25, -0.2) is 0 Å². The maximum Gasteiger partial charge on any atom is 0.325 e. The van der Waals surface area contributed by atoms with Crippen LogP contribution in [0.15, 0.2) is 34.9 Å². The highest BCUT2D eigenvalue weighted by atomic mass is 127. The molecule has 0 saturated heterocycles. The summed E-state index contributed by atoms with van der Waals surface area (Å²) in [5.41, 5.74) is 5.57. The second-order valence-corrected chi connectivity index (χ2v) is 5.01. The Morgan fingerprint density at radius 1 is 1.19 bits per heavy atom. The summed E-state index contributed by atoms with van der Waals surface area (Å²) in [4.78, 5) is 8.02. The summed E-state index contributed by atoms with van der Waals surface area (Å²) in [6, 6.07) is 9.42. The molecule has 0 spiro atoms. The van der Waals surface area contributed by atoms with Gasteiger partial charge in [0.25, 0.3) is 0 Å². The first kappa shape index (κ1) is 11.6. The first-order chi connectivity index (χ1) is 7.63. The van der Waals surface area contributed by atoms with Crippen molar-refractivity contribution in [3.05, 3.63) is 38.5 Å². The van der Waals surface area contributed by atoms with Crippen LogP contribution in [0.25, 0.3) is 0 Å².